The molecule has 0 aliphatic rings. The van der Waals surface area contributed by atoms with Gasteiger partial charge in [0.25, 0.3) is 5.91 Å². The van der Waals surface area contributed by atoms with Gasteiger partial charge in [0.15, 0.2) is 0 Å². The van der Waals surface area contributed by atoms with Crippen LogP contribution in [0.5, 0.6) is 0 Å². The molecule has 142 valence electrons. The molecule has 0 atom stereocenters. The summed E-state index contributed by atoms with van der Waals surface area (Å²) in [7, 11) is 0. The fraction of sp³-hybridized carbons (Fsp3) is 0.200. The average molecular weight is 370 g/mol. The molecule has 3 aromatic rings. The number of nitrogens with zero attached hydrogens (tertiary/aromatic N) is 2. The summed E-state index contributed by atoms with van der Waals surface area (Å²) < 4.78 is 0. The third kappa shape index (κ3) is 5.17. The van der Waals surface area contributed by atoms with Gasteiger partial charge in [-0.1, -0.05) is 81.4 Å². The van der Waals surface area contributed by atoms with Gasteiger partial charge in [-0.2, -0.15) is 0 Å². The Bertz CT molecular complexity index is 924. The van der Waals surface area contributed by atoms with Gasteiger partial charge in [0.1, 0.15) is 5.82 Å². The lowest BCUT2D eigenvalue weighted by atomic mass is 9.87. The average Bonchev–Trinajstić information content (AvgIpc) is 2.71. The maximum absolute atomic E-state index is 12.9. The maximum Gasteiger partial charge on any atom is 0.252 e. The fourth-order valence-electron chi connectivity index (χ4n) is 2.90. The van der Waals surface area contributed by atoms with Gasteiger partial charge in [-0.3, -0.25) is 9.69 Å². The number of carbonyl (C=O) groups is 1. The van der Waals surface area contributed by atoms with Crippen LogP contribution in [0.2, 0.25) is 0 Å². The number of amides is 1. The van der Waals surface area contributed by atoms with E-state index in [-0.39, 0.29) is 11.3 Å². The van der Waals surface area contributed by atoms with Crippen molar-refractivity contribution in [3.8, 4) is 0 Å². The third-order valence-corrected chi connectivity index (χ3v) is 4.57. The Morgan fingerprint density at radius 2 is 1.61 bits per heavy atom. The zero-order valence-electron chi connectivity index (χ0n) is 16.7. The SMILES string of the molecule is CC(C)(C)c1ccc(C=CC(=O)N(Cc2ccccc2)c2ccccn2)cc1. The fourth-order valence-corrected chi connectivity index (χ4v) is 2.90. The normalized spacial score (nSPS) is 11.5. The molecule has 3 rings (SSSR count). The van der Waals surface area contributed by atoms with Crippen LogP contribution in [0.4, 0.5) is 5.82 Å². The van der Waals surface area contributed by atoms with E-state index in [1.165, 1.54) is 5.56 Å². The summed E-state index contributed by atoms with van der Waals surface area (Å²) in [5, 5.41) is 0. The van der Waals surface area contributed by atoms with Crippen LogP contribution >= 0.6 is 0 Å². The first-order valence-corrected chi connectivity index (χ1v) is 9.48. The van der Waals surface area contributed by atoms with Crippen LogP contribution in [0.15, 0.2) is 85.1 Å². The molecule has 0 aliphatic carbocycles. The molecule has 0 unspecified atom stereocenters. The second kappa shape index (κ2) is 8.66. The van der Waals surface area contributed by atoms with Crippen molar-refractivity contribution >= 4 is 17.8 Å². The van der Waals surface area contributed by atoms with E-state index in [2.05, 4.69) is 37.9 Å². The van der Waals surface area contributed by atoms with Gasteiger partial charge in [0.05, 0.1) is 6.54 Å². The molecule has 1 heterocycles. The van der Waals surface area contributed by atoms with Gasteiger partial charge in [-0.15, -0.1) is 0 Å². The summed E-state index contributed by atoms with van der Waals surface area (Å²) in [5.41, 5.74) is 3.45. The standard InChI is InChI=1S/C25H26N2O/c1-25(2,3)22-15-12-20(13-16-22)14-17-24(28)27(23-11-7-8-18-26-23)19-21-9-5-4-6-10-21/h4-18H,19H2,1-3H3. The number of hydrogen-bond acceptors (Lipinski definition) is 2. The molecule has 3 heteroatoms. The molecular formula is C25H26N2O. The van der Waals surface area contributed by atoms with E-state index in [0.29, 0.717) is 12.4 Å². The third-order valence-electron chi connectivity index (χ3n) is 4.57. The zero-order chi connectivity index (χ0) is 20.0. The Morgan fingerprint density at radius 1 is 0.929 bits per heavy atom. The Labute approximate surface area is 167 Å². The molecule has 0 aliphatic heterocycles. The van der Waals surface area contributed by atoms with E-state index in [1.807, 2.05) is 66.7 Å². The first-order chi connectivity index (χ1) is 13.4. The maximum atomic E-state index is 12.9. The molecule has 0 spiro atoms. The number of hydrogen-bond donors (Lipinski definition) is 0. The summed E-state index contributed by atoms with van der Waals surface area (Å²) in [6, 6.07) is 23.9. The van der Waals surface area contributed by atoms with Crippen molar-refractivity contribution in [3.05, 3.63) is 102 Å². The Kier molecular flexibility index (Phi) is 6.05. The van der Waals surface area contributed by atoms with Gasteiger partial charge in [0, 0.05) is 12.3 Å². The Balaban J connectivity index is 1.80. The molecule has 1 aromatic heterocycles. The molecule has 0 fully saturated rings. The highest BCUT2D eigenvalue weighted by molar-refractivity contribution is 6.03. The van der Waals surface area contributed by atoms with Crippen LogP contribution in [0.25, 0.3) is 6.08 Å². The zero-order valence-corrected chi connectivity index (χ0v) is 16.7. The van der Waals surface area contributed by atoms with E-state index >= 15 is 0 Å². The van der Waals surface area contributed by atoms with E-state index in [1.54, 1.807) is 17.2 Å². The molecule has 0 saturated carbocycles. The van der Waals surface area contributed by atoms with E-state index < -0.39 is 0 Å². The first kappa shape index (κ1) is 19.6. The first-order valence-electron chi connectivity index (χ1n) is 9.48. The van der Waals surface area contributed by atoms with Crippen molar-refractivity contribution < 1.29 is 4.79 Å². The Hall–Kier alpha value is -3.20. The number of carbonyl (C=O) groups excluding carboxylic acids is 1. The monoisotopic (exact) mass is 370 g/mol. The summed E-state index contributed by atoms with van der Waals surface area (Å²) in [6.07, 6.45) is 5.18. The lowest BCUT2D eigenvalue weighted by Crippen LogP contribution is -2.29. The highest BCUT2D eigenvalue weighted by atomic mass is 16.2. The van der Waals surface area contributed by atoms with Crippen molar-refractivity contribution in [2.24, 2.45) is 0 Å². The van der Waals surface area contributed by atoms with Crippen LogP contribution < -0.4 is 4.90 Å². The number of pyridine rings is 1. The molecule has 3 nitrogen and oxygen atoms in total. The predicted octanol–water partition coefficient (Wildman–Crippen LogP) is 5.63. The molecule has 0 N–H and O–H groups in total. The summed E-state index contributed by atoms with van der Waals surface area (Å²) in [5.74, 6) is 0.548. The van der Waals surface area contributed by atoms with Gasteiger partial charge >= 0.3 is 0 Å². The van der Waals surface area contributed by atoms with Crippen molar-refractivity contribution in [1.29, 1.82) is 0 Å². The Morgan fingerprint density at radius 3 is 2.21 bits per heavy atom. The quantitative estimate of drug-likeness (QED) is 0.546. The highest BCUT2D eigenvalue weighted by Gasteiger charge is 2.15. The van der Waals surface area contributed by atoms with E-state index in [4.69, 9.17) is 0 Å². The highest BCUT2D eigenvalue weighted by Crippen LogP contribution is 2.22. The largest absolute Gasteiger partial charge is 0.289 e. The van der Waals surface area contributed by atoms with Crippen molar-refractivity contribution in [2.45, 2.75) is 32.7 Å². The molecule has 0 bridgehead atoms. The van der Waals surface area contributed by atoms with Crippen LogP contribution in [0.1, 0.15) is 37.5 Å². The van der Waals surface area contributed by atoms with Crippen LogP contribution in [0.3, 0.4) is 0 Å². The van der Waals surface area contributed by atoms with Gasteiger partial charge in [-0.05, 0) is 40.3 Å². The minimum Gasteiger partial charge on any atom is -0.289 e. The minimum absolute atomic E-state index is 0.0950. The molecule has 0 saturated heterocycles. The second-order valence-corrected chi connectivity index (χ2v) is 7.80. The molecule has 0 radical (unpaired) electrons. The number of rotatable bonds is 5. The summed E-state index contributed by atoms with van der Waals surface area (Å²) in [4.78, 5) is 19.0. The smallest absolute Gasteiger partial charge is 0.252 e. The molecule has 2 aromatic carbocycles. The van der Waals surface area contributed by atoms with Crippen LogP contribution in [-0.4, -0.2) is 10.9 Å². The number of benzene rings is 2. The van der Waals surface area contributed by atoms with Crippen LogP contribution in [-0.2, 0) is 16.8 Å². The van der Waals surface area contributed by atoms with Crippen LogP contribution in [0, 0.1) is 0 Å². The van der Waals surface area contributed by atoms with Gasteiger partial charge in [0.2, 0.25) is 0 Å². The van der Waals surface area contributed by atoms with Gasteiger partial charge < -0.3 is 0 Å². The second-order valence-electron chi connectivity index (χ2n) is 7.80. The van der Waals surface area contributed by atoms with Crippen molar-refractivity contribution in [1.82, 2.24) is 4.98 Å². The predicted molar refractivity (Wildman–Crippen MR) is 116 cm³/mol. The molecule has 1 amide bonds. The van der Waals surface area contributed by atoms with E-state index in [9.17, 15) is 4.79 Å². The van der Waals surface area contributed by atoms with Crippen molar-refractivity contribution in [3.63, 3.8) is 0 Å². The van der Waals surface area contributed by atoms with Crippen molar-refractivity contribution in [2.75, 3.05) is 4.90 Å². The summed E-state index contributed by atoms with van der Waals surface area (Å²) in [6.45, 7) is 7.05. The molecule has 28 heavy (non-hydrogen) atoms. The topological polar surface area (TPSA) is 33.2 Å². The van der Waals surface area contributed by atoms with Gasteiger partial charge in [-0.25, -0.2) is 4.98 Å². The minimum atomic E-state index is -0.0950. The number of anilines is 1. The van der Waals surface area contributed by atoms with E-state index in [0.717, 1.165) is 11.1 Å². The molecular weight excluding hydrogens is 344 g/mol. The summed E-state index contributed by atoms with van der Waals surface area (Å²) >= 11 is 0. The lowest BCUT2D eigenvalue weighted by Gasteiger charge is -2.20. The lowest BCUT2D eigenvalue weighted by molar-refractivity contribution is -0.114. The number of aromatic nitrogens is 1.